The van der Waals surface area contributed by atoms with E-state index in [9.17, 15) is 17.9 Å². The van der Waals surface area contributed by atoms with Crippen molar-refractivity contribution in [2.45, 2.75) is 56.3 Å². The Hall–Kier alpha value is -3.15. The third-order valence-electron chi connectivity index (χ3n) is 7.90. The van der Waals surface area contributed by atoms with Crippen molar-refractivity contribution in [3.8, 4) is 0 Å². The number of benzene rings is 2. The lowest BCUT2D eigenvalue weighted by atomic mass is 10.1. The summed E-state index contributed by atoms with van der Waals surface area (Å²) < 4.78 is 43.0. The Morgan fingerprint density at radius 3 is 2.45 bits per heavy atom. The number of hydrogen-bond acceptors (Lipinski definition) is 7. The number of pyridine rings is 1. The maximum absolute atomic E-state index is 14.5. The van der Waals surface area contributed by atoms with Gasteiger partial charge < -0.3 is 10.4 Å². The molecule has 0 radical (unpaired) electrons. The van der Waals surface area contributed by atoms with Crippen molar-refractivity contribution in [1.82, 2.24) is 24.1 Å². The van der Waals surface area contributed by atoms with Gasteiger partial charge in [0.25, 0.3) is 10.0 Å². The SMILES string of the molecule is O=S(=O)(c1ccccc1)n1cc(CN(CCCCNCC(O)N2CCCCC2)Cc2cccnc2F)c2ccccc21. The first-order valence-corrected chi connectivity index (χ1v) is 16.2. The summed E-state index contributed by atoms with van der Waals surface area (Å²) in [5, 5.41) is 14.7. The molecule has 1 atom stereocenters. The number of likely N-dealkylation sites (tertiary alicyclic amines) is 1. The average Bonchev–Trinajstić information content (AvgIpc) is 3.39. The number of halogens is 1. The molecule has 10 heteroatoms. The van der Waals surface area contributed by atoms with Crippen LogP contribution < -0.4 is 5.32 Å². The van der Waals surface area contributed by atoms with Gasteiger partial charge in [0.1, 0.15) is 6.23 Å². The molecule has 0 saturated carbocycles. The number of piperidine rings is 1. The molecule has 4 aromatic rings. The lowest BCUT2D eigenvalue weighted by molar-refractivity contribution is -0.00640. The predicted octanol–water partition coefficient (Wildman–Crippen LogP) is 4.59. The van der Waals surface area contributed by atoms with Gasteiger partial charge in [0, 0.05) is 56.1 Å². The average molecular weight is 594 g/mol. The Kier molecular flexibility index (Phi) is 10.4. The first kappa shape index (κ1) is 30.3. The number of aliphatic hydroxyl groups is 1. The van der Waals surface area contributed by atoms with E-state index in [1.165, 1.54) is 16.6 Å². The molecule has 1 aliphatic heterocycles. The van der Waals surface area contributed by atoms with Gasteiger partial charge in [0.05, 0.1) is 10.4 Å². The van der Waals surface area contributed by atoms with Gasteiger partial charge in [-0.05, 0) is 68.6 Å². The zero-order chi connectivity index (χ0) is 29.4. The fourth-order valence-electron chi connectivity index (χ4n) is 5.64. The summed E-state index contributed by atoms with van der Waals surface area (Å²) in [7, 11) is -3.79. The molecular weight excluding hydrogens is 553 g/mol. The monoisotopic (exact) mass is 593 g/mol. The largest absolute Gasteiger partial charge is 0.377 e. The number of nitrogens with one attached hydrogen (secondary N) is 1. The number of fused-ring (bicyclic) bond motifs is 1. The molecule has 0 amide bonds. The number of aliphatic hydroxyl groups excluding tert-OH is 1. The molecular formula is C32H40FN5O3S. The Morgan fingerprint density at radius 2 is 1.67 bits per heavy atom. The second kappa shape index (κ2) is 14.3. The molecule has 3 heterocycles. The van der Waals surface area contributed by atoms with Crippen molar-refractivity contribution >= 4 is 20.9 Å². The number of rotatable bonds is 14. The zero-order valence-corrected chi connectivity index (χ0v) is 24.7. The number of aromatic nitrogens is 2. The fourth-order valence-corrected chi connectivity index (χ4v) is 7.06. The minimum Gasteiger partial charge on any atom is -0.377 e. The second-order valence-corrected chi connectivity index (χ2v) is 12.8. The minimum absolute atomic E-state index is 0.226. The van der Waals surface area contributed by atoms with Crippen LogP contribution >= 0.6 is 0 Å². The maximum atomic E-state index is 14.5. The minimum atomic E-state index is -3.79. The van der Waals surface area contributed by atoms with Crippen LogP contribution in [0, 0.1) is 5.95 Å². The summed E-state index contributed by atoms with van der Waals surface area (Å²) in [6, 6.07) is 19.4. The van der Waals surface area contributed by atoms with Gasteiger partial charge in [-0.15, -0.1) is 0 Å². The fraction of sp³-hybridized carbons (Fsp3) is 0.406. The topological polar surface area (TPSA) is 90.7 Å². The second-order valence-electron chi connectivity index (χ2n) is 10.9. The smallest absolute Gasteiger partial charge is 0.268 e. The van der Waals surface area contributed by atoms with Crippen LogP contribution in [0.15, 0.2) is 84.0 Å². The van der Waals surface area contributed by atoms with Crippen molar-refractivity contribution < 1.29 is 17.9 Å². The van der Waals surface area contributed by atoms with Crippen molar-refractivity contribution in [3.05, 3.63) is 96.2 Å². The van der Waals surface area contributed by atoms with Crippen LogP contribution in [-0.4, -0.2) is 71.2 Å². The van der Waals surface area contributed by atoms with Gasteiger partial charge in [-0.3, -0.25) is 9.80 Å². The molecule has 0 bridgehead atoms. The van der Waals surface area contributed by atoms with Gasteiger partial charge in [0.15, 0.2) is 0 Å². The van der Waals surface area contributed by atoms with E-state index in [4.69, 9.17) is 0 Å². The summed E-state index contributed by atoms with van der Waals surface area (Å²) in [6.45, 7) is 4.71. The number of hydrogen-bond donors (Lipinski definition) is 2. The third-order valence-corrected chi connectivity index (χ3v) is 9.59. The molecule has 2 aromatic carbocycles. The highest BCUT2D eigenvalue weighted by Gasteiger charge is 2.22. The Labute approximate surface area is 247 Å². The van der Waals surface area contributed by atoms with Crippen molar-refractivity contribution in [3.63, 3.8) is 0 Å². The summed E-state index contributed by atoms with van der Waals surface area (Å²) in [4.78, 5) is 8.32. The summed E-state index contributed by atoms with van der Waals surface area (Å²) >= 11 is 0. The molecule has 42 heavy (non-hydrogen) atoms. The first-order valence-electron chi connectivity index (χ1n) is 14.8. The van der Waals surface area contributed by atoms with E-state index in [2.05, 4.69) is 20.1 Å². The molecule has 0 aliphatic carbocycles. The third kappa shape index (κ3) is 7.43. The highest BCUT2D eigenvalue weighted by atomic mass is 32.2. The Morgan fingerprint density at radius 1 is 0.929 bits per heavy atom. The van der Waals surface area contributed by atoms with Crippen molar-refractivity contribution in [2.24, 2.45) is 0 Å². The van der Waals surface area contributed by atoms with Crippen LogP contribution in [0.1, 0.15) is 43.2 Å². The lowest BCUT2D eigenvalue weighted by Crippen LogP contribution is -2.45. The molecule has 224 valence electrons. The molecule has 1 aliphatic rings. The van der Waals surface area contributed by atoms with E-state index < -0.39 is 22.2 Å². The van der Waals surface area contributed by atoms with Gasteiger partial charge >= 0.3 is 0 Å². The van der Waals surface area contributed by atoms with Crippen LogP contribution in [0.3, 0.4) is 0 Å². The molecule has 1 fully saturated rings. The Bertz CT molecular complexity index is 1540. The molecule has 8 nitrogen and oxygen atoms in total. The highest BCUT2D eigenvalue weighted by Crippen LogP contribution is 2.27. The molecule has 5 rings (SSSR count). The van der Waals surface area contributed by atoms with E-state index in [0.717, 1.165) is 56.3 Å². The normalized spacial score (nSPS) is 15.4. The number of para-hydroxylation sites is 1. The highest BCUT2D eigenvalue weighted by molar-refractivity contribution is 7.90. The molecule has 2 N–H and O–H groups in total. The van der Waals surface area contributed by atoms with Crippen LogP contribution in [0.25, 0.3) is 10.9 Å². The molecule has 2 aromatic heterocycles. The summed E-state index contributed by atoms with van der Waals surface area (Å²) in [5.41, 5.74) is 1.97. The van der Waals surface area contributed by atoms with Gasteiger partial charge in [-0.2, -0.15) is 4.39 Å². The lowest BCUT2D eigenvalue weighted by Gasteiger charge is -2.31. The number of unbranched alkanes of at least 4 members (excludes halogenated alkanes) is 1. The number of nitrogens with zero attached hydrogens (tertiary/aromatic N) is 4. The predicted molar refractivity (Wildman–Crippen MR) is 163 cm³/mol. The van der Waals surface area contributed by atoms with Crippen LogP contribution in [-0.2, 0) is 23.1 Å². The van der Waals surface area contributed by atoms with E-state index in [0.29, 0.717) is 37.3 Å². The first-order chi connectivity index (χ1) is 20.4. The molecule has 0 spiro atoms. The van der Waals surface area contributed by atoms with Gasteiger partial charge in [-0.1, -0.05) is 48.9 Å². The van der Waals surface area contributed by atoms with E-state index in [1.54, 1.807) is 48.7 Å². The van der Waals surface area contributed by atoms with Gasteiger partial charge in [-0.25, -0.2) is 17.4 Å². The standard InChI is InChI=1S/C32H40FN5O3S/c33-32-26(12-11-18-35-32)23-36(19-10-7-17-34-22-31(39)37-20-8-2-9-21-37)24-27-25-38(30-16-6-5-15-29(27)30)42(40,41)28-13-3-1-4-14-28/h1,3-6,11-16,18,25,31,34,39H,2,7-10,17,19-24H2. The molecule has 1 saturated heterocycles. The van der Waals surface area contributed by atoms with Gasteiger partial charge in [0.2, 0.25) is 5.95 Å². The maximum Gasteiger partial charge on any atom is 0.268 e. The van der Waals surface area contributed by atoms with Crippen molar-refractivity contribution in [1.29, 1.82) is 0 Å². The summed E-state index contributed by atoms with van der Waals surface area (Å²) in [6.07, 6.45) is 7.94. The zero-order valence-electron chi connectivity index (χ0n) is 23.9. The van der Waals surface area contributed by atoms with E-state index in [-0.39, 0.29) is 4.90 Å². The molecule has 1 unspecified atom stereocenters. The Balaban J connectivity index is 1.28. The van der Waals surface area contributed by atoms with E-state index in [1.807, 2.05) is 24.3 Å². The van der Waals surface area contributed by atoms with E-state index >= 15 is 0 Å². The summed E-state index contributed by atoms with van der Waals surface area (Å²) in [5.74, 6) is -0.495. The quantitative estimate of drug-likeness (QED) is 0.163. The van der Waals surface area contributed by atoms with Crippen LogP contribution in [0.5, 0.6) is 0 Å². The van der Waals surface area contributed by atoms with Crippen LogP contribution in [0.2, 0.25) is 0 Å². The van der Waals surface area contributed by atoms with Crippen LogP contribution in [0.4, 0.5) is 4.39 Å². The van der Waals surface area contributed by atoms with Crippen molar-refractivity contribution in [2.75, 3.05) is 32.7 Å².